The molecule has 4 heteroatoms. The Morgan fingerprint density at radius 3 is 2.65 bits per heavy atom. The maximum atomic E-state index is 12.4. The number of hydrogen-bond acceptors (Lipinski definition) is 2. The molecule has 0 fully saturated rings. The molecule has 1 N–H and O–H groups in total. The lowest BCUT2D eigenvalue weighted by molar-refractivity contribution is 0.189. The zero-order chi connectivity index (χ0) is 16.7. The number of benzene rings is 1. The molecule has 2 amide bonds. The van der Waals surface area contributed by atoms with Gasteiger partial charge in [-0.1, -0.05) is 36.8 Å². The maximum absolute atomic E-state index is 12.4. The summed E-state index contributed by atoms with van der Waals surface area (Å²) in [6.45, 7) is 4.80. The van der Waals surface area contributed by atoms with Gasteiger partial charge in [-0.3, -0.25) is 4.98 Å². The largest absolute Gasteiger partial charge is 0.338 e. The van der Waals surface area contributed by atoms with E-state index in [4.69, 9.17) is 0 Å². The Labute approximate surface area is 138 Å². The molecule has 23 heavy (non-hydrogen) atoms. The van der Waals surface area contributed by atoms with Crippen LogP contribution in [0.4, 0.5) is 4.79 Å². The minimum Gasteiger partial charge on any atom is -0.338 e. The van der Waals surface area contributed by atoms with Crippen LogP contribution in [0.5, 0.6) is 0 Å². The van der Waals surface area contributed by atoms with E-state index in [1.54, 1.807) is 17.3 Å². The van der Waals surface area contributed by atoms with E-state index in [0.29, 0.717) is 6.54 Å². The van der Waals surface area contributed by atoms with Gasteiger partial charge < -0.3 is 10.2 Å². The molecule has 4 nitrogen and oxygen atoms in total. The molecule has 0 aliphatic carbocycles. The van der Waals surface area contributed by atoms with Crippen molar-refractivity contribution in [2.24, 2.45) is 0 Å². The van der Waals surface area contributed by atoms with E-state index in [2.05, 4.69) is 48.4 Å². The summed E-state index contributed by atoms with van der Waals surface area (Å²) in [4.78, 5) is 18.2. The van der Waals surface area contributed by atoms with Gasteiger partial charge in [-0.15, -0.1) is 0 Å². The summed E-state index contributed by atoms with van der Waals surface area (Å²) < 4.78 is 0. The Balaban J connectivity index is 1.89. The van der Waals surface area contributed by atoms with Gasteiger partial charge in [0.1, 0.15) is 0 Å². The van der Waals surface area contributed by atoms with Crippen LogP contribution in [-0.2, 0) is 6.42 Å². The van der Waals surface area contributed by atoms with Crippen LogP contribution in [0.2, 0.25) is 0 Å². The summed E-state index contributed by atoms with van der Waals surface area (Å²) >= 11 is 0. The molecule has 1 aromatic heterocycles. The van der Waals surface area contributed by atoms with E-state index in [-0.39, 0.29) is 12.1 Å². The SMILES string of the molecule is CCC(c1ccncc1)N(C)C(=O)NCCc1cccc(C)c1. The van der Waals surface area contributed by atoms with Crippen LogP contribution in [0.1, 0.15) is 36.1 Å². The third-order valence-corrected chi connectivity index (χ3v) is 4.04. The highest BCUT2D eigenvalue weighted by Gasteiger charge is 2.19. The summed E-state index contributed by atoms with van der Waals surface area (Å²) in [5.41, 5.74) is 3.60. The molecule has 0 aliphatic rings. The van der Waals surface area contributed by atoms with Crippen molar-refractivity contribution in [1.82, 2.24) is 15.2 Å². The van der Waals surface area contributed by atoms with Gasteiger partial charge >= 0.3 is 6.03 Å². The van der Waals surface area contributed by atoms with E-state index in [0.717, 1.165) is 18.4 Å². The molecule has 0 aliphatic heterocycles. The zero-order valence-corrected chi connectivity index (χ0v) is 14.1. The van der Waals surface area contributed by atoms with Gasteiger partial charge in [-0.05, 0) is 43.0 Å². The molecule has 0 radical (unpaired) electrons. The minimum atomic E-state index is -0.0404. The van der Waals surface area contributed by atoms with Gasteiger partial charge in [0.15, 0.2) is 0 Å². The molecule has 2 aromatic rings. The Hall–Kier alpha value is -2.36. The molecule has 1 atom stereocenters. The summed E-state index contributed by atoms with van der Waals surface area (Å²) in [6.07, 6.45) is 5.24. The highest BCUT2D eigenvalue weighted by atomic mass is 16.2. The fourth-order valence-electron chi connectivity index (χ4n) is 2.77. The second kappa shape index (κ2) is 8.32. The van der Waals surface area contributed by atoms with Crippen LogP contribution >= 0.6 is 0 Å². The minimum absolute atomic E-state index is 0.0404. The quantitative estimate of drug-likeness (QED) is 0.883. The molecule has 2 rings (SSSR count). The van der Waals surface area contributed by atoms with Crippen LogP contribution in [0.25, 0.3) is 0 Å². The van der Waals surface area contributed by atoms with Crippen molar-refractivity contribution in [2.75, 3.05) is 13.6 Å². The number of rotatable bonds is 6. The number of pyridine rings is 1. The Bertz CT molecular complexity index is 628. The first-order valence-corrected chi connectivity index (χ1v) is 8.08. The number of nitrogens with one attached hydrogen (secondary N) is 1. The Morgan fingerprint density at radius 2 is 2.00 bits per heavy atom. The molecule has 0 saturated carbocycles. The van der Waals surface area contributed by atoms with Crippen molar-refractivity contribution in [3.63, 3.8) is 0 Å². The number of carbonyl (C=O) groups is 1. The second-order valence-corrected chi connectivity index (χ2v) is 5.79. The highest BCUT2D eigenvalue weighted by molar-refractivity contribution is 5.74. The van der Waals surface area contributed by atoms with Gasteiger partial charge in [-0.2, -0.15) is 0 Å². The fraction of sp³-hybridized carbons (Fsp3) is 0.368. The predicted octanol–water partition coefficient (Wildman–Crippen LogP) is 3.73. The first-order chi connectivity index (χ1) is 11.1. The molecule has 1 aromatic carbocycles. The third-order valence-electron chi connectivity index (χ3n) is 4.04. The van der Waals surface area contributed by atoms with Gasteiger partial charge in [0, 0.05) is 26.0 Å². The van der Waals surface area contributed by atoms with Crippen molar-refractivity contribution in [3.8, 4) is 0 Å². The molecule has 0 saturated heterocycles. The topological polar surface area (TPSA) is 45.2 Å². The van der Waals surface area contributed by atoms with Crippen molar-refractivity contribution in [2.45, 2.75) is 32.7 Å². The van der Waals surface area contributed by atoms with Crippen molar-refractivity contribution >= 4 is 6.03 Å². The lowest BCUT2D eigenvalue weighted by Crippen LogP contribution is -2.40. The van der Waals surface area contributed by atoms with Gasteiger partial charge in [0.25, 0.3) is 0 Å². The third kappa shape index (κ3) is 4.81. The predicted molar refractivity (Wildman–Crippen MR) is 93.3 cm³/mol. The summed E-state index contributed by atoms with van der Waals surface area (Å²) in [5.74, 6) is 0. The van der Waals surface area contributed by atoms with Crippen LogP contribution < -0.4 is 5.32 Å². The summed E-state index contributed by atoms with van der Waals surface area (Å²) in [7, 11) is 1.84. The van der Waals surface area contributed by atoms with Gasteiger partial charge in [-0.25, -0.2) is 4.79 Å². The van der Waals surface area contributed by atoms with Crippen LogP contribution in [0, 0.1) is 6.92 Å². The fourth-order valence-corrected chi connectivity index (χ4v) is 2.77. The molecule has 0 bridgehead atoms. The van der Waals surface area contributed by atoms with Crippen molar-refractivity contribution in [1.29, 1.82) is 0 Å². The molecule has 1 unspecified atom stereocenters. The molecular weight excluding hydrogens is 286 g/mol. The van der Waals surface area contributed by atoms with Gasteiger partial charge in [0.2, 0.25) is 0 Å². The number of aromatic nitrogens is 1. The van der Waals surface area contributed by atoms with Crippen LogP contribution in [0.15, 0.2) is 48.8 Å². The number of aryl methyl sites for hydroxylation is 1. The summed E-state index contributed by atoms with van der Waals surface area (Å²) in [5, 5.41) is 3.01. The maximum Gasteiger partial charge on any atom is 0.317 e. The molecule has 1 heterocycles. The number of nitrogens with zero attached hydrogens (tertiary/aromatic N) is 2. The first kappa shape index (κ1) is 17.0. The Morgan fingerprint density at radius 1 is 1.26 bits per heavy atom. The van der Waals surface area contributed by atoms with Crippen molar-refractivity contribution < 1.29 is 4.79 Å². The monoisotopic (exact) mass is 311 g/mol. The Kier molecular flexibility index (Phi) is 6.15. The smallest absolute Gasteiger partial charge is 0.317 e. The van der Waals surface area contributed by atoms with Gasteiger partial charge in [0.05, 0.1) is 6.04 Å². The number of urea groups is 1. The van der Waals surface area contributed by atoms with E-state index in [1.807, 2.05) is 19.2 Å². The van der Waals surface area contributed by atoms with E-state index in [9.17, 15) is 4.79 Å². The van der Waals surface area contributed by atoms with E-state index >= 15 is 0 Å². The summed E-state index contributed by atoms with van der Waals surface area (Å²) in [6, 6.07) is 12.3. The molecule has 122 valence electrons. The van der Waals surface area contributed by atoms with E-state index in [1.165, 1.54) is 11.1 Å². The highest BCUT2D eigenvalue weighted by Crippen LogP contribution is 2.21. The second-order valence-electron chi connectivity index (χ2n) is 5.79. The zero-order valence-electron chi connectivity index (χ0n) is 14.1. The lowest BCUT2D eigenvalue weighted by Gasteiger charge is -2.27. The molecule has 0 spiro atoms. The van der Waals surface area contributed by atoms with Crippen molar-refractivity contribution in [3.05, 3.63) is 65.5 Å². The number of amides is 2. The lowest BCUT2D eigenvalue weighted by atomic mass is 10.1. The van der Waals surface area contributed by atoms with E-state index < -0.39 is 0 Å². The van der Waals surface area contributed by atoms with Crippen LogP contribution in [0.3, 0.4) is 0 Å². The normalized spacial score (nSPS) is 11.8. The first-order valence-electron chi connectivity index (χ1n) is 8.08. The average molecular weight is 311 g/mol. The number of carbonyl (C=O) groups excluding carboxylic acids is 1. The standard InChI is InChI=1S/C19H25N3O/c1-4-18(17-9-11-20-12-10-17)22(3)19(23)21-13-8-16-7-5-6-15(2)14-16/h5-7,9-12,14,18H,4,8,13H2,1-3H3,(H,21,23). The number of hydrogen-bond donors (Lipinski definition) is 1. The average Bonchev–Trinajstić information content (AvgIpc) is 2.56. The molecular formula is C19H25N3O. The van der Waals surface area contributed by atoms with Crippen LogP contribution in [-0.4, -0.2) is 29.5 Å².